The Balaban J connectivity index is 1.93. The zero-order valence-corrected chi connectivity index (χ0v) is 9.27. The van der Waals surface area contributed by atoms with Crippen LogP contribution in [0.4, 0.5) is 11.5 Å². The molecule has 0 radical (unpaired) electrons. The molecule has 1 heterocycles. The highest BCUT2D eigenvalue weighted by Gasteiger charge is 2.40. The van der Waals surface area contributed by atoms with Crippen molar-refractivity contribution in [3.8, 4) is 0 Å². The van der Waals surface area contributed by atoms with Crippen molar-refractivity contribution in [1.82, 2.24) is 4.98 Å². The van der Waals surface area contributed by atoms with Crippen molar-refractivity contribution < 1.29 is 4.92 Å². The van der Waals surface area contributed by atoms with Crippen molar-refractivity contribution in [2.75, 3.05) is 11.9 Å². The van der Waals surface area contributed by atoms with E-state index < -0.39 is 4.92 Å². The van der Waals surface area contributed by atoms with Gasteiger partial charge in [-0.05, 0) is 30.7 Å². The Labute approximate surface area is 94.0 Å². The quantitative estimate of drug-likeness (QED) is 0.613. The van der Waals surface area contributed by atoms with Crippen molar-refractivity contribution in [2.24, 2.45) is 5.41 Å². The largest absolute Gasteiger partial charge is 0.370 e. The lowest BCUT2D eigenvalue weighted by Crippen LogP contribution is -2.14. The second kappa shape index (κ2) is 4.08. The first-order chi connectivity index (χ1) is 7.65. The number of nitrogens with one attached hydrogen (secondary N) is 1. The minimum absolute atomic E-state index is 0.0298. The highest BCUT2D eigenvalue weighted by molar-refractivity contribution is 5.40. The first-order valence-electron chi connectivity index (χ1n) is 5.49. The van der Waals surface area contributed by atoms with Crippen LogP contribution in [0.2, 0.25) is 0 Å². The van der Waals surface area contributed by atoms with Crippen molar-refractivity contribution >= 4 is 11.5 Å². The van der Waals surface area contributed by atoms with E-state index in [1.807, 2.05) is 0 Å². The molecule has 0 aromatic carbocycles. The van der Waals surface area contributed by atoms with E-state index in [4.69, 9.17) is 0 Å². The Kier molecular flexibility index (Phi) is 2.77. The van der Waals surface area contributed by atoms with Crippen LogP contribution in [0, 0.1) is 15.5 Å². The summed E-state index contributed by atoms with van der Waals surface area (Å²) in [4.78, 5) is 14.0. The van der Waals surface area contributed by atoms with Gasteiger partial charge in [0.25, 0.3) is 5.69 Å². The molecule has 0 amide bonds. The molecule has 1 aromatic heterocycles. The van der Waals surface area contributed by atoms with Gasteiger partial charge in [0.2, 0.25) is 0 Å². The molecule has 0 atom stereocenters. The first-order valence-corrected chi connectivity index (χ1v) is 5.49. The van der Waals surface area contributed by atoms with E-state index in [9.17, 15) is 10.1 Å². The van der Waals surface area contributed by atoms with Crippen LogP contribution in [0.25, 0.3) is 0 Å². The average Bonchev–Trinajstić information content (AvgIpc) is 3.08. The Morgan fingerprint density at radius 3 is 2.75 bits per heavy atom. The van der Waals surface area contributed by atoms with Gasteiger partial charge in [-0.2, -0.15) is 0 Å². The molecule has 5 heteroatoms. The fraction of sp³-hybridized carbons (Fsp3) is 0.545. The first kappa shape index (κ1) is 10.9. The third kappa shape index (κ3) is 2.29. The molecular weight excluding hydrogens is 206 g/mol. The molecule has 1 aromatic rings. The van der Waals surface area contributed by atoms with Crippen LogP contribution in [0.15, 0.2) is 18.3 Å². The molecule has 0 bridgehead atoms. The third-order valence-electron chi connectivity index (χ3n) is 3.31. The van der Waals surface area contributed by atoms with E-state index in [1.165, 1.54) is 31.5 Å². The predicted octanol–water partition coefficient (Wildman–Crippen LogP) is 2.59. The normalized spacial score (nSPS) is 16.8. The molecule has 2 rings (SSSR count). The van der Waals surface area contributed by atoms with Gasteiger partial charge in [-0.1, -0.05) is 6.92 Å². The maximum absolute atomic E-state index is 10.4. The molecule has 1 saturated carbocycles. The third-order valence-corrected chi connectivity index (χ3v) is 3.31. The Morgan fingerprint density at radius 1 is 1.56 bits per heavy atom. The second-order valence-corrected chi connectivity index (χ2v) is 4.37. The van der Waals surface area contributed by atoms with E-state index in [1.54, 1.807) is 6.07 Å². The van der Waals surface area contributed by atoms with Crippen LogP contribution in [0.5, 0.6) is 0 Å². The summed E-state index contributed by atoms with van der Waals surface area (Å²) >= 11 is 0. The van der Waals surface area contributed by atoms with Crippen molar-refractivity contribution in [3.63, 3.8) is 0 Å². The average molecular weight is 221 g/mol. The lowest BCUT2D eigenvalue weighted by atomic mass is 10.0. The van der Waals surface area contributed by atoms with Gasteiger partial charge in [-0.15, -0.1) is 0 Å². The highest BCUT2D eigenvalue weighted by atomic mass is 16.6. The molecule has 0 spiro atoms. The van der Waals surface area contributed by atoms with E-state index in [0.717, 1.165) is 6.54 Å². The number of hydrogen-bond acceptors (Lipinski definition) is 4. The van der Waals surface area contributed by atoms with Crippen molar-refractivity contribution in [2.45, 2.75) is 26.2 Å². The summed E-state index contributed by atoms with van der Waals surface area (Å²) in [5.74, 6) is 0.713. The molecule has 0 aliphatic heterocycles. The minimum atomic E-state index is -0.439. The van der Waals surface area contributed by atoms with Crippen LogP contribution in [-0.4, -0.2) is 16.5 Å². The summed E-state index contributed by atoms with van der Waals surface area (Å²) in [6, 6.07) is 3.13. The number of pyridine rings is 1. The molecule has 0 saturated heterocycles. The summed E-state index contributed by atoms with van der Waals surface area (Å²) in [5, 5.41) is 13.7. The van der Waals surface area contributed by atoms with Crippen molar-refractivity contribution in [3.05, 3.63) is 28.4 Å². The number of nitro groups is 1. The summed E-state index contributed by atoms with van der Waals surface area (Å²) in [6.45, 7) is 3.10. The minimum Gasteiger partial charge on any atom is -0.370 e. The summed E-state index contributed by atoms with van der Waals surface area (Å²) < 4.78 is 0. The lowest BCUT2D eigenvalue weighted by molar-refractivity contribution is -0.385. The van der Waals surface area contributed by atoms with Gasteiger partial charge in [-0.3, -0.25) is 10.1 Å². The lowest BCUT2D eigenvalue weighted by Gasteiger charge is -2.13. The van der Waals surface area contributed by atoms with Crippen molar-refractivity contribution in [1.29, 1.82) is 0 Å². The molecule has 1 fully saturated rings. The van der Waals surface area contributed by atoms with Gasteiger partial charge in [0.15, 0.2) is 0 Å². The maximum atomic E-state index is 10.4. The van der Waals surface area contributed by atoms with E-state index in [0.29, 0.717) is 11.2 Å². The molecule has 5 nitrogen and oxygen atoms in total. The van der Waals surface area contributed by atoms with Crippen LogP contribution < -0.4 is 5.32 Å². The van der Waals surface area contributed by atoms with Crippen LogP contribution in [0.3, 0.4) is 0 Å². The molecule has 1 N–H and O–H groups in total. The van der Waals surface area contributed by atoms with Gasteiger partial charge in [-0.25, -0.2) is 4.98 Å². The van der Waals surface area contributed by atoms with E-state index >= 15 is 0 Å². The van der Waals surface area contributed by atoms with Gasteiger partial charge in [0.05, 0.1) is 4.92 Å². The maximum Gasteiger partial charge on any atom is 0.287 e. The fourth-order valence-corrected chi connectivity index (χ4v) is 1.71. The summed E-state index contributed by atoms with van der Waals surface area (Å²) in [5.41, 5.74) is 0.478. The summed E-state index contributed by atoms with van der Waals surface area (Å²) in [7, 11) is 0. The predicted molar refractivity (Wildman–Crippen MR) is 61.3 cm³/mol. The topological polar surface area (TPSA) is 68.1 Å². The fourth-order valence-electron chi connectivity index (χ4n) is 1.71. The zero-order valence-electron chi connectivity index (χ0n) is 9.27. The highest BCUT2D eigenvalue weighted by Crippen LogP contribution is 2.48. The molecule has 1 aliphatic rings. The Hall–Kier alpha value is -1.65. The number of rotatable bonds is 5. The molecular formula is C11H15N3O2. The van der Waals surface area contributed by atoms with Gasteiger partial charge in [0.1, 0.15) is 12.0 Å². The number of aromatic nitrogens is 1. The molecule has 1 aliphatic carbocycles. The van der Waals surface area contributed by atoms with Crippen LogP contribution in [0.1, 0.15) is 26.2 Å². The number of nitrogens with zero attached hydrogens (tertiary/aromatic N) is 2. The SMILES string of the molecule is CCC1(CNc2ccc([N+](=O)[O-])cn2)CC1. The van der Waals surface area contributed by atoms with Gasteiger partial charge in [0, 0.05) is 12.6 Å². The standard InChI is InChI=1S/C11H15N3O2/c1-2-11(5-6-11)8-13-10-4-3-9(7-12-10)14(15)16/h3-4,7H,2,5-6,8H2,1H3,(H,12,13). The smallest absolute Gasteiger partial charge is 0.287 e. The molecule has 0 unspecified atom stereocenters. The van der Waals surface area contributed by atoms with Gasteiger partial charge >= 0.3 is 0 Å². The zero-order chi connectivity index (χ0) is 11.6. The summed E-state index contributed by atoms with van der Waals surface area (Å²) in [6.07, 6.45) is 4.99. The monoisotopic (exact) mass is 221 g/mol. The molecule has 16 heavy (non-hydrogen) atoms. The second-order valence-electron chi connectivity index (χ2n) is 4.37. The number of anilines is 1. The van der Waals surface area contributed by atoms with E-state index in [-0.39, 0.29) is 5.69 Å². The number of hydrogen-bond donors (Lipinski definition) is 1. The van der Waals surface area contributed by atoms with Crippen LogP contribution in [-0.2, 0) is 0 Å². The van der Waals surface area contributed by atoms with Gasteiger partial charge < -0.3 is 5.32 Å². The molecule has 86 valence electrons. The Morgan fingerprint density at radius 2 is 2.31 bits per heavy atom. The Bertz CT molecular complexity index is 385. The van der Waals surface area contributed by atoms with Crippen LogP contribution >= 0.6 is 0 Å². The van der Waals surface area contributed by atoms with E-state index in [2.05, 4.69) is 17.2 Å².